The zero-order chi connectivity index (χ0) is 35.6. The van der Waals surface area contributed by atoms with Crippen molar-refractivity contribution >= 4 is 11.9 Å². The van der Waals surface area contributed by atoms with Crippen LogP contribution in [-0.4, -0.2) is 57.8 Å². The van der Waals surface area contributed by atoms with Crippen LogP contribution in [-0.2, 0) is 32.2 Å². The maximum atomic E-state index is 12.2. The Morgan fingerprint density at radius 2 is 1.54 bits per heavy atom. The Hall–Kier alpha value is -4.38. The van der Waals surface area contributed by atoms with E-state index in [1.165, 1.54) is 0 Å². The molecule has 4 aromatic rings. The lowest BCUT2D eigenvalue weighted by Gasteiger charge is -2.43. The highest BCUT2D eigenvalue weighted by atomic mass is 16.7. The van der Waals surface area contributed by atoms with Crippen LogP contribution in [0.2, 0.25) is 0 Å². The SMILES string of the molecule is C[C@@H]1[C@H](CN(C)[C@@H](C)[C@H](O)c2ccccc2)O[C@H](c2cccc(-c3cccc(CNC(=O)CCCC(=O)O)c3)c2)O[C@@H]1c1ccc(CO)cc1. The molecular formula is C41H48N2O7. The van der Waals surface area contributed by atoms with E-state index in [-0.39, 0.29) is 49.5 Å². The van der Waals surface area contributed by atoms with Gasteiger partial charge in [0.1, 0.15) is 0 Å². The first kappa shape index (κ1) is 36.9. The molecule has 1 amide bonds. The topological polar surface area (TPSA) is 129 Å². The lowest BCUT2D eigenvalue weighted by molar-refractivity contribution is -0.276. The highest BCUT2D eigenvalue weighted by Gasteiger charge is 2.39. The van der Waals surface area contributed by atoms with Crippen LogP contribution in [0.4, 0.5) is 0 Å². The van der Waals surface area contributed by atoms with E-state index in [0.29, 0.717) is 19.5 Å². The van der Waals surface area contributed by atoms with Gasteiger partial charge in [0.25, 0.3) is 0 Å². The largest absolute Gasteiger partial charge is 0.481 e. The van der Waals surface area contributed by atoms with Crippen LogP contribution in [0.3, 0.4) is 0 Å². The number of hydrogen-bond acceptors (Lipinski definition) is 7. The van der Waals surface area contributed by atoms with Gasteiger partial charge in [-0.2, -0.15) is 0 Å². The Morgan fingerprint density at radius 1 is 0.840 bits per heavy atom. The molecule has 5 rings (SSSR count). The number of benzene rings is 4. The van der Waals surface area contributed by atoms with E-state index in [0.717, 1.165) is 38.9 Å². The van der Waals surface area contributed by atoms with Crippen molar-refractivity contribution in [2.45, 2.75) is 76.9 Å². The first-order chi connectivity index (χ1) is 24.1. The van der Waals surface area contributed by atoms with E-state index in [1.807, 2.05) is 111 Å². The van der Waals surface area contributed by atoms with E-state index in [2.05, 4.69) is 23.2 Å². The molecule has 264 valence electrons. The number of nitrogens with one attached hydrogen (secondary N) is 1. The number of aliphatic hydroxyl groups is 2. The monoisotopic (exact) mass is 680 g/mol. The molecule has 4 aromatic carbocycles. The fourth-order valence-electron chi connectivity index (χ4n) is 6.36. The predicted molar refractivity (Wildman–Crippen MR) is 192 cm³/mol. The standard InChI is InChI=1S/C41H48N2O7/c1-27-36(25-43(3)28(2)39(48)31-11-5-4-6-12-31)49-41(50-40(27)32-20-18-29(26-44)19-21-32)35-15-8-14-34(23-35)33-13-7-10-30(22-33)24-42-37(45)16-9-17-38(46)47/h4-8,10-15,18-23,27-28,36,39-41,44,48H,9,16-17,24-26H2,1-3H3,(H,42,45)(H,46,47)/t27-,28+,36+,39+,40+,41+/m1/s1. The number of likely N-dealkylation sites (N-methyl/N-ethyl adjacent to an activating group) is 1. The number of aliphatic carboxylic acids is 1. The molecule has 50 heavy (non-hydrogen) atoms. The van der Waals surface area contributed by atoms with E-state index in [1.54, 1.807) is 0 Å². The Balaban J connectivity index is 1.35. The number of nitrogens with zero attached hydrogens (tertiary/aromatic N) is 1. The summed E-state index contributed by atoms with van der Waals surface area (Å²) in [4.78, 5) is 25.1. The van der Waals surface area contributed by atoms with Gasteiger partial charge in [0.2, 0.25) is 5.91 Å². The molecule has 0 aliphatic carbocycles. The van der Waals surface area contributed by atoms with Crippen LogP contribution in [0, 0.1) is 5.92 Å². The van der Waals surface area contributed by atoms with Crippen molar-refractivity contribution in [2.75, 3.05) is 13.6 Å². The van der Waals surface area contributed by atoms with Gasteiger partial charge in [-0.3, -0.25) is 14.5 Å². The van der Waals surface area contributed by atoms with Crippen molar-refractivity contribution in [3.8, 4) is 11.1 Å². The average molecular weight is 681 g/mol. The van der Waals surface area contributed by atoms with Crippen LogP contribution in [0.25, 0.3) is 11.1 Å². The van der Waals surface area contributed by atoms with Crippen LogP contribution >= 0.6 is 0 Å². The maximum absolute atomic E-state index is 12.2. The summed E-state index contributed by atoms with van der Waals surface area (Å²) in [6.07, 6.45) is -1.38. The molecule has 6 atom stereocenters. The second-order valence-electron chi connectivity index (χ2n) is 13.2. The molecule has 1 aliphatic rings. The number of carboxylic acids is 1. The minimum atomic E-state index is -0.908. The van der Waals surface area contributed by atoms with Crippen LogP contribution < -0.4 is 5.32 Å². The normalized spacial score (nSPS) is 20.3. The fourth-order valence-corrected chi connectivity index (χ4v) is 6.36. The summed E-state index contributed by atoms with van der Waals surface area (Å²) in [5.74, 6) is -1.10. The number of aliphatic hydroxyl groups excluding tert-OH is 2. The molecule has 0 aromatic heterocycles. The third-order valence-electron chi connectivity index (χ3n) is 9.59. The summed E-state index contributed by atoms with van der Waals surface area (Å²) in [7, 11) is 2.01. The molecule has 0 radical (unpaired) electrons. The third-order valence-corrected chi connectivity index (χ3v) is 9.59. The Kier molecular flexibility index (Phi) is 12.9. The van der Waals surface area contributed by atoms with Crippen LogP contribution in [0.5, 0.6) is 0 Å². The molecule has 9 heteroatoms. The van der Waals surface area contributed by atoms with Gasteiger partial charge in [-0.25, -0.2) is 0 Å². The molecule has 4 N–H and O–H groups in total. The molecule has 0 spiro atoms. The van der Waals surface area contributed by atoms with Crippen molar-refractivity contribution < 1.29 is 34.4 Å². The van der Waals surface area contributed by atoms with Crippen molar-refractivity contribution in [2.24, 2.45) is 5.92 Å². The predicted octanol–water partition coefficient (Wildman–Crippen LogP) is 6.56. The third kappa shape index (κ3) is 9.65. The number of hydrogen-bond donors (Lipinski definition) is 4. The van der Waals surface area contributed by atoms with E-state index in [9.17, 15) is 19.8 Å². The second-order valence-corrected chi connectivity index (χ2v) is 13.2. The summed E-state index contributed by atoms with van der Waals surface area (Å²) in [5, 5.41) is 32.5. The van der Waals surface area contributed by atoms with Gasteiger partial charge >= 0.3 is 5.97 Å². The van der Waals surface area contributed by atoms with Crippen molar-refractivity contribution in [3.05, 3.63) is 131 Å². The van der Waals surface area contributed by atoms with Crippen molar-refractivity contribution in [1.29, 1.82) is 0 Å². The number of carboxylic acid groups (broad SMARTS) is 1. The zero-order valence-electron chi connectivity index (χ0n) is 28.9. The first-order valence-corrected chi connectivity index (χ1v) is 17.2. The Labute approximate surface area is 294 Å². The molecule has 1 heterocycles. The zero-order valence-corrected chi connectivity index (χ0v) is 28.9. The summed E-state index contributed by atoms with van der Waals surface area (Å²) in [6.45, 7) is 5.03. The van der Waals surface area contributed by atoms with Gasteiger partial charge in [0.05, 0.1) is 24.9 Å². The van der Waals surface area contributed by atoms with E-state index < -0.39 is 18.4 Å². The molecule has 0 unspecified atom stereocenters. The van der Waals surface area contributed by atoms with Gasteiger partial charge in [0, 0.05) is 43.5 Å². The molecule has 0 bridgehead atoms. The number of carbonyl (C=O) groups excluding carboxylic acids is 1. The smallest absolute Gasteiger partial charge is 0.303 e. The molecule has 0 saturated carbocycles. The molecule has 1 aliphatic heterocycles. The first-order valence-electron chi connectivity index (χ1n) is 17.2. The quantitative estimate of drug-likeness (QED) is 0.111. The van der Waals surface area contributed by atoms with Gasteiger partial charge in [-0.15, -0.1) is 0 Å². The summed E-state index contributed by atoms with van der Waals surface area (Å²) >= 11 is 0. The molecule has 9 nitrogen and oxygen atoms in total. The minimum absolute atomic E-state index is 0.0195. The highest BCUT2D eigenvalue weighted by molar-refractivity contribution is 5.76. The van der Waals surface area contributed by atoms with Gasteiger partial charge in [-0.1, -0.05) is 97.9 Å². The maximum Gasteiger partial charge on any atom is 0.303 e. The van der Waals surface area contributed by atoms with E-state index >= 15 is 0 Å². The average Bonchev–Trinajstić information content (AvgIpc) is 3.14. The molecule has 1 fully saturated rings. The second kappa shape index (κ2) is 17.5. The minimum Gasteiger partial charge on any atom is -0.481 e. The summed E-state index contributed by atoms with van der Waals surface area (Å²) in [5.41, 5.74) is 6.45. The lowest BCUT2D eigenvalue weighted by Crippen LogP contribution is -2.46. The molecule has 1 saturated heterocycles. The van der Waals surface area contributed by atoms with Crippen molar-refractivity contribution in [1.82, 2.24) is 10.2 Å². The number of carbonyl (C=O) groups is 2. The van der Waals surface area contributed by atoms with Gasteiger partial charge < -0.3 is 30.1 Å². The lowest BCUT2D eigenvalue weighted by atomic mass is 9.89. The number of ether oxygens (including phenoxy) is 2. The van der Waals surface area contributed by atoms with Gasteiger partial charge in [-0.05, 0) is 65.9 Å². The number of rotatable bonds is 15. The molecular weight excluding hydrogens is 632 g/mol. The van der Waals surface area contributed by atoms with Crippen LogP contribution in [0.1, 0.15) is 79.4 Å². The van der Waals surface area contributed by atoms with Gasteiger partial charge in [0.15, 0.2) is 6.29 Å². The fraction of sp³-hybridized carbons (Fsp3) is 0.366. The number of amides is 1. The highest BCUT2D eigenvalue weighted by Crippen LogP contribution is 2.42. The van der Waals surface area contributed by atoms with Crippen LogP contribution in [0.15, 0.2) is 103 Å². The Bertz CT molecular complexity index is 1700. The summed E-state index contributed by atoms with van der Waals surface area (Å²) < 4.78 is 13.5. The Morgan fingerprint density at radius 3 is 2.24 bits per heavy atom. The van der Waals surface area contributed by atoms with Crippen molar-refractivity contribution in [3.63, 3.8) is 0 Å². The summed E-state index contributed by atoms with van der Waals surface area (Å²) in [6, 6.07) is 33.4. The van der Waals surface area contributed by atoms with E-state index in [4.69, 9.17) is 14.6 Å².